The lowest BCUT2D eigenvalue weighted by Crippen LogP contribution is -2.46. The molecule has 0 unspecified atom stereocenters. The van der Waals surface area contributed by atoms with E-state index in [9.17, 15) is 29.1 Å². The van der Waals surface area contributed by atoms with Gasteiger partial charge in [-0.05, 0) is 73.9 Å². The fourth-order valence-corrected chi connectivity index (χ4v) is 9.16. The Labute approximate surface area is 458 Å². The third-order valence-corrected chi connectivity index (χ3v) is 13.4. The first-order valence-corrected chi connectivity index (χ1v) is 25.9. The summed E-state index contributed by atoms with van der Waals surface area (Å²) >= 11 is 0. The van der Waals surface area contributed by atoms with Gasteiger partial charge < -0.3 is 58.4 Å². The Morgan fingerprint density at radius 3 is 1.41 bits per heavy atom. The van der Waals surface area contributed by atoms with Crippen molar-refractivity contribution in [2.45, 2.75) is 57.9 Å². The van der Waals surface area contributed by atoms with Gasteiger partial charge in [-0.2, -0.15) is 0 Å². The first kappa shape index (κ1) is 58.1. The van der Waals surface area contributed by atoms with Gasteiger partial charge in [-0.1, -0.05) is 97.1 Å². The van der Waals surface area contributed by atoms with Crippen LogP contribution in [0, 0.1) is 23.7 Å². The van der Waals surface area contributed by atoms with Crippen molar-refractivity contribution in [1.82, 2.24) is 20.6 Å². The molecule has 19 heteroatoms. The molecular weight excluding hydrogens is 1020 g/mol. The highest BCUT2D eigenvalue weighted by Gasteiger charge is 2.38. The van der Waals surface area contributed by atoms with Crippen LogP contribution >= 0.6 is 0 Å². The molecule has 2 aliphatic heterocycles. The number of aromatic hydroxyl groups is 1. The summed E-state index contributed by atoms with van der Waals surface area (Å²) in [6.07, 6.45) is 2.98. The Morgan fingerprint density at radius 1 is 0.570 bits per heavy atom. The number of carbonyl (C=O) groups excluding carboxylic acids is 5. The smallest absolute Gasteiger partial charge is 0.331 e. The first-order chi connectivity index (χ1) is 38.3. The number of methoxy groups -OCH3 is 2. The van der Waals surface area contributed by atoms with Crippen LogP contribution in [-0.2, 0) is 46.2 Å². The molecular formula is C60H66N4O15. The molecule has 8 atom stereocenters. The molecule has 416 valence electrons. The number of benzene rings is 4. The zero-order valence-corrected chi connectivity index (χ0v) is 44.7. The van der Waals surface area contributed by atoms with Gasteiger partial charge in [0.2, 0.25) is 5.75 Å². The molecule has 79 heavy (non-hydrogen) atoms. The van der Waals surface area contributed by atoms with Crippen LogP contribution in [0.2, 0.25) is 0 Å². The average molecular weight is 1080 g/mol. The third-order valence-electron chi connectivity index (χ3n) is 13.4. The van der Waals surface area contributed by atoms with E-state index >= 15 is 0 Å². The molecule has 2 fully saturated rings. The fraction of sp³-hybridized carbons (Fsp3) is 0.350. The number of para-hydroxylation sites is 2. The quantitative estimate of drug-likeness (QED) is 0.0776. The highest BCUT2D eigenvalue weighted by Crippen LogP contribution is 2.32. The predicted molar refractivity (Wildman–Crippen MR) is 288 cm³/mol. The van der Waals surface area contributed by atoms with E-state index in [4.69, 9.17) is 42.6 Å². The second kappa shape index (κ2) is 29.3. The van der Waals surface area contributed by atoms with Crippen LogP contribution in [0.5, 0.6) is 34.5 Å². The minimum Gasteiger partial charge on any atom is -0.503 e. The summed E-state index contributed by atoms with van der Waals surface area (Å²) in [5.41, 5.74) is 1.78. The van der Waals surface area contributed by atoms with Gasteiger partial charge in [-0.15, -0.1) is 0 Å². The molecule has 4 heterocycles. The molecule has 19 nitrogen and oxygen atoms in total. The van der Waals surface area contributed by atoms with Crippen molar-refractivity contribution < 1.29 is 71.7 Å². The number of ether oxygens (including phenoxy) is 9. The van der Waals surface area contributed by atoms with Crippen molar-refractivity contribution in [3.8, 4) is 34.5 Å². The van der Waals surface area contributed by atoms with E-state index in [-0.39, 0.29) is 65.5 Å². The SMILES string of the molecule is COc1ccnc(C(=O)N[C@H]2COC[C@H](Cc3ccccc3)[C@@H](COc3ccccc3)[C@H](C)OC2=O)c1O.COc1ccnc(C(=O)N[C@H]2COC[C@H](Cc3ccccc3)[C@@H](COc3ccccc3)[C@H](C)OC2=O)c1OC(C)=O. The maximum Gasteiger partial charge on any atom is 0.331 e. The maximum absolute atomic E-state index is 13.3. The molecule has 8 rings (SSSR count). The lowest BCUT2D eigenvalue weighted by molar-refractivity contribution is -0.155. The molecule has 2 aliphatic rings. The van der Waals surface area contributed by atoms with Crippen LogP contribution in [0.25, 0.3) is 0 Å². The topological polar surface area (TPSA) is 238 Å². The standard InChI is InChI=1S/C31H34N2O8.C29H32N2O7/c1-20-25(18-39-24-12-8-5-9-13-24)23(16-22-10-6-4-7-11-22)17-38-19-26(31(36)40-20)33-30(35)28-29(41-21(2)34)27(37-3)14-15-32-28;1-19-23(17-37-22-11-7-4-8-12-22)21(15-20-9-5-3-6-10-20)16-36-18-24(29(34)38-19)31-28(33)26-27(32)25(35-2)13-14-30-26/h4-15,20,23,25-26H,16-19H2,1-3H3,(H,33,35);3-14,19,21,23-24,32H,15-18H2,1-2H3,(H,31,33)/t20-,23-,25-,26-;19-,21-,23-,24-/m00/s1. The Kier molecular flexibility index (Phi) is 21.5. The molecule has 0 saturated carbocycles. The molecule has 0 bridgehead atoms. The molecule has 0 radical (unpaired) electrons. The molecule has 2 saturated heterocycles. The first-order valence-electron chi connectivity index (χ1n) is 25.9. The number of hydrogen-bond donors (Lipinski definition) is 3. The number of pyridine rings is 2. The number of hydrogen-bond acceptors (Lipinski definition) is 17. The van der Waals surface area contributed by atoms with Crippen molar-refractivity contribution >= 4 is 29.7 Å². The molecule has 4 aromatic carbocycles. The van der Waals surface area contributed by atoms with E-state index in [2.05, 4.69) is 32.7 Å². The minimum atomic E-state index is -1.13. The van der Waals surface area contributed by atoms with E-state index in [1.807, 2.05) is 123 Å². The second-order valence-electron chi connectivity index (χ2n) is 18.9. The van der Waals surface area contributed by atoms with Gasteiger partial charge in [0.25, 0.3) is 11.8 Å². The fourth-order valence-electron chi connectivity index (χ4n) is 9.16. The largest absolute Gasteiger partial charge is 0.503 e. The average Bonchev–Trinajstić information content (AvgIpc) is 3.56. The lowest BCUT2D eigenvalue weighted by atomic mass is 9.84. The maximum atomic E-state index is 13.3. The Bertz CT molecular complexity index is 2920. The highest BCUT2D eigenvalue weighted by molar-refractivity contribution is 5.99. The normalized spacial score (nSPS) is 21.3. The number of aromatic nitrogens is 2. The number of rotatable bonds is 17. The van der Waals surface area contributed by atoms with Crippen molar-refractivity contribution in [2.24, 2.45) is 23.7 Å². The van der Waals surface area contributed by atoms with Crippen LogP contribution in [0.3, 0.4) is 0 Å². The van der Waals surface area contributed by atoms with Crippen molar-refractivity contribution in [3.05, 3.63) is 168 Å². The van der Waals surface area contributed by atoms with E-state index in [1.54, 1.807) is 0 Å². The molecule has 2 amide bonds. The molecule has 0 spiro atoms. The highest BCUT2D eigenvalue weighted by atomic mass is 16.6. The van der Waals surface area contributed by atoms with E-state index in [0.29, 0.717) is 45.0 Å². The van der Waals surface area contributed by atoms with Crippen LogP contribution in [0.4, 0.5) is 0 Å². The number of nitrogens with one attached hydrogen (secondary N) is 2. The van der Waals surface area contributed by atoms with Crippen molar-refractivity contribution in [3.63, 3.8) is 0 Å². The summed E-state index contributed by atoms with van der Waals surface area (Å²) in [5.74, 6) is -2.80. The molecule has 2 aromatic heterocycles. The van der Waals surface area contributed by atoms with Crippen LogP contribution in [0.1, 0.15) is 52.9 Å². The number of cyclic esters (lactones) is 2. The summed E-state index contributed by atoms with van der Waals surface area (Å²) < 4.78 is 51.4. The number of nitrogens with zero attached hydrogens (tertiary/aromatic N) is 2. The van der Waals surface area contributed by atoms with E-state index in [0.717, 1.165) is 16.9 Å². The molecule has 0 aliphatic carbocycles. The monoisotopic (exact) mass is 1080 g/mol. The summed E-state index contributed by atoms with van der Waals surface area (Å²) in [5, 5.41) is 15.5. The van der Waals surface area contributed by atoms with E-state index < -0.39 is 59.8 Å². The van der Waals surface area contributed by atoms with E-state index in [1.165, 1.54) is 45.7 Å². The number of esters is 3. The van der Waals surface area contributed by atoms with Crippen LogP contribution in [-0.4, -0.2) is 123 Å². The molecule has 3 N–H and O–H groups in total. The Balaban J connectivity index is 0.000000229. The summed E-state index contributed by atoms with van der Waals surface area (Å²) in [6, 6.07) is 39.6. The lowest BCUT2D eigenvalue weighted by Gasteiger charge is -2.30. The predicted octanol–water partition coefficient (Wildman–Crippen LogP) is 7.04. The van der Waals surface area contributed by atoms with Gasteiger partial charge >= 0.3 is 17.9 Å². The zero-order chi connectivity index (χ0) is 56.1. The summed E-state index contributed by atoms with van der Waals surface area (Å²) in [6.45, 7) is 5.88. The minimum absolute atomic E-state index is 0.0255. The third kappa shape index (κ3) is 16.7. The van der Waals surface area contributed by atoms with Gasteiger partial charge in [0.1, 0.15) is 23.7 Å². The number of carbonyl (C=O) groups is 5. The Morgan fingerprint density at radius 2 is 0.975 bits per heavy atom. The van der Waals surface area contributed by atoms with Crippen molar-refractivity contribution in [1.29, 1.82) is 0 Å². The second-order valence-corrected chi connectivity index (χ2v) is 18.9. The van der Waals surface area contributed by atoms with Gasteiger partial charge in [0.15, 0.2) is 40.7 Å². The Hall–Kier alpha value is -8.55. The van der Waals surface area contributed by atoms with Gasteiger partial charge in [-0.25, -0.2) is 19.6 Å². The zero-order valence-electron chi connectivity index (χ0n) is 44.7. The van der Waals surface area contributed by atoms with Gasteiger partial charge in [0.05, 0.1) is 53.9 Å². The summed E-state index contributed by atoms with van der Waals surface area (Å²) in [7, 11) is 2.74. The van der Waals surface area contributed by atoms with Gasteiger partial charge in [0, 0.05) is 43.3 Å². The molecule has 6 aromatic rings. The van der Waals surface area contributed by atoms with Crippen LogP contribution < -0.4 is 34.3 Å². The van der Waals surface area contributed by atoms with Gasteiger partial charge in [-0.3, -0.25) is 14.4 Å². The van der Waals surface area contributed by atoms with Crippen molar-refractivity contribution in [2.75, 3.05) is 53.9 Å². The number of amides is 2. The van der Waals surface area contributed by atoms with Crippen LogP contribution in [0.15, 0.2) is 146 Å². The summed E-state index contributed by atoms with van der Waals surface area (Å²) in [4.78, 5) is 72.1.